The van der Waals surface area contributed by atoms with Crippen LogP contribution in [0, 0.1) is 0 Å². The molecule has 0 aliphatic heterocycles. The molecule has 1 fully saturated rings. The summed E-state index contributed by atoms with van der Waals surface area (Å²) in [7, 11) is 1.77. The number of amides is 2. The minimum Gasteiger partial charge on any atom is -0.396 e. The smallest absolute Gasteiger partial charge is 0.274 e. The van der Waals surface area contributed by atoms with Crippen molar-refractivity contribution in [1.82, 2.24) is 14.8 Å². The summed E-state index contributed by atoms with van der Waals surface area (Å²) in [6.07, 6.45) is 5.77. The Morgan fingerprint density at radius 3 is 2.76 bits per heavy atom. The van der Waals surface area contributed by atoms with Gasteiger partial charge in [0.2, 0.25) is 5.91 Å². The molecule has 2 rings (SSSR count). The minimum atomic E-state index is -0.372. The molecule has 0 atom stereocenters. The fourth-order valence-electron chi connectivity index (χ4n) is 2.53. The van der Waals surface area contributed by atoms with Crippen LogP contribution in [-0.2, 0) is 11.8 Å². The molecule has 1 saturated carbocycles. The van der Waals surface area contributed by atoms with Crippen molar-refractivity contribution in [2.24, 2.45) is 7.05 Å². The van der Waals surface area contributed by atoms with Crippen LogP contribution in [0.2, 0.25) is 0 Å². The number of aliphatic hydroxyl groups is 1. The first-order valence-electron chi connectivity index (χ1n) is 7.42. The van der Waals surface area contributed by atoms with Gasteiger partial charge in [-0.25, -0.2) is 0 Å². The van der Waals surface area contributed by atoms with Gasteiger partial charge in [-0.15, -0.1) is 0 Å². The van der Waals surface area contributed by atoms with Gasteiger partial charge in [-0.05, 0) is 31.4 Å². The van der Waals surface area contributed by atoms with Gasteiger partial charge in [0.05, 0.1) is 6.54 Å². The summed E-state index contributed by atoms with van der Waals surface area (Å²) >= 11 is 0. The Labute approximate surface area is 124 Å². The molecule has 0 aromatic carbocycles. The van der Waals surface area contributed by atoms with Gasteiger partial charge >= 0.3 is 0 Å². The van der Waals surface area contributed by atoms with Gasteiger partial charge in [-0.3, -0.25) is 19.8 Å². The van der Waals surface area contributed by atoms with Crippen LogP contribution in [0.3, 0.4) is 0 Å². The van der Waals surface area contributed by atoms with Crippen molar-refractivity contribution in [3.05, 3.63) is 24.0 Å². The van der Waals surface area contributed by atoms with E-state index in [0.29, 0.717) is 24.7 Å². The van der Waals surface area contributed by atoms with Crippen LogP contribution in [0.4, 0.5) is 0 Å². The highest BCUT2D eigenvalue weighted by atomic mass is 16.3. The molecule has 0 unspecified atom stereocenters. The number of nitrogens with zero attached hydrogens (tertiary/aromatic N) is 2. The van der Waals surface area contributed by atoms with Crippen LogP contribution >= 0.6 is 0 Å². The molecule has 6 nitrogen and oxygen atoms in total. The summed E-state index contributed by atoms with van der Waals surface area (Å²) in [5.74, 6) is -0.658. The summed E-state index contributed by atoms with van der Waals surface area (Å²) in [5.41, 5.74) is 0.467. The lowest BCUT2D eigenvalue weighted by Gasteiger charge is -2.37. The third kappa shape index (κ3) is 4.15. The van der Waals surface area contributed by atoms with Crippen molar-refractivity contribution in [3.8, 4) is 0 Å². The molecule has 1 aliphatic carbocycles. The number of carbonyl (C=O) groups excluding carboxylic acids is 2. The number of rotatable bonds is 7. The molecular formula is C15H23N3O3. The number of nitrogens with one attached hydrogen (secondary N) is 1. The molecule has 0 saturated heterocycles. The molecule has 1 aromatic heterocycles. The highest BCUT2D eigenvalue weighted by Gasteiger charge is 2.26. The van der Waals surface area contributed by atoms with E-state index < -0.39 is 0 Å². The minimum absolute atomic E-state index is 0.118. The Bertz CT molecular complexity index is 494. The maximum atomic E-state index is 12.0. The molecule has 0 spiro atoms. The molecule has 1 aromatic rings. The molecule has 1 aliphatic rings. The largest absolute Gasteiger partial charge is 0.396 e. The van der Waals surface area contributed by atoms with Crippen LogP contribution in [0.25, 0.3) is 0 Å². The van der Waals surface area contributed by atoms with Crippen LogP contribution in [0.15, 0.2) is 18.3 Å². The van der Waals surface area contributed by atoms with Crippen molar-refractivity contribution in [1.29, 1.82) is 0 Å². The van der Waals surface area contributed by atoms with E-state index >= 15 is 0 Å². The zero-order valence-corrected chi connectivity index (χ0v) is 12.4. The molecule has 2 amide bonds. The van der Waals surface area contributed by atoms with Gasteiger partial charge in [-0.2, -0.15) is 0 Å². The molecular weight excluding hydrogens is 270 g/mol. The summed E-state index contributed by atoms with van der Waals surface area (Å²) in [5, 5.41) is 11.4. The van der Waals surface area contributed by atoms with Crippen LogP contribution in [-0.4, -0.2) is 52.1 Å². The van der Waals surface area contributed by atoms with Crippen LogP contribution in [0.5, 0.6) is 0 Å². The summed E-state index contributed by atoms with van der Waals surface area (Å²) in [4.78, 5) is 26.1. The van der Waals surface area contributed by atoms with E-state index in [9.17, 15) is 9.59 Å². The second-order valence-corrected chi connectivity index (χ2v) is 5.51. The Morgan fingerprint density at radius 1 is 1.48 bits per heavy atom. The monoisotopic (exact) mass is 293 g/mol. The van der Waals surface area contributed by atoms with E-state index in [0.717, 1.165) is 12.8 Å². The third-order valence-corrected chi connectivity index (χ3v) is 3.97. The first kappa shape index (κ1) is 15.7. The third-order valence-electron chi connectivity index (χ3n) is 3.97. The molecule has 0 bridgehead atoms. The SMILES string of the molecule is Cn1cccc1C(=O)NC(=O)CN(CCCO)C1CCC1. The van der Waals surface area contributed by atoms with Gasteiger partial charge in [0.1, 0.15) is 5.69 Å². The standard InChI is InChI=1S/C15H23N3O3/c1-17-8-3-7-13(17)15(21)16-14(20)11-18(9-4-10-19)12-5-2-6-12/h3,7-8,12,19H,2,4-6,9-11H2,1H3,(H,16,20,21). The van der Waals surface area contributed by atoms with E-state index in [1.807, 2.05) is 0 Å². The first-order chi connectivity index (χ1) is 10.1. The predicted molar refractivity (Wildman–Crippen MR) is 78.8 cm³/mol. The van der Waals surface area contributed by atoms with E-state index in [1.54, 1.807) is 29.9 Å². The molecule has 2 N–H and O–H groups in total. The topological polar surface area (TPSA) is 74.6 Å². The number of hydrogen-bond donors (Lipinski definition) is 2. The van der Waals surface area contributed by atoms with Gasteiger partial charge in [0, 0.05) is 32.4 Å². The molecule has 6 heteroatoms. The Kier molecular flexibility index (Phi) is 5.52. The summed E-state index contributed by atoms with van der Waals surface area (Å²) in [6, 6.07) is 3.85. The normalized spacial score (nSPS) is 15.0. The Morgan fingerprint density at radius 2 is 2.24 bits per heavy atom. The lowest BCUT2D eigenvalue weighted by molar-refractivity contribution is -0.122. The van der Waals surface area contributed by atoms with Crippen molar-refractivity contribution in [2.75, 3.05) is 19.7 Å². The van der Waals surface area contributed by atoms with Gasteiger partial charge in [0.25, 0.3) is 5.91 Å². The van der Waals surface area contributed by atoms with Crippen LogP contribution in [0.1, 0.15) is 36.2 Å². The number of imide groups is 1. The van der Waals surface area contributed by atoms with Crippen molar-refractivity contribution >= 4 is 11.8 Å². The number of hydrogen-bond acceptors (Lipinski definition) is 4. The number of carbonyl (C=O) groups is 2. The zero-order valence-electron chi connectivity index (χ0n) is 12.4. The lowest BCUT2D eigenvalue weighted by atomic mass is 9.91. The number of aliphatic hydroxyl groups excluding tert-OH is 1. The van der Waals surface area contributed by atoms with Crippen molar-refractivity contribution < 1.29 is 14.7 Å². The number of aromatic nitrogens is 1. The molecule has 1 heterocycles. The highest BCUT2D eigenvalue weighted by molar-refractivity contribution is 6.04. The fourth-order valence-corrected chi connectivity index (χ4v) is 2.53. The first-order valence-corrected chi connectivity index (χ1v) is 7.42. The van der Waals surface area contributed by atoms with Gasteiger partial charge in [-0.1, -0.05) is 6.42 Å². The average Bonchev–Trinajstić information content (AvgIpc) is 2.80. The molecule has 116 valence electrons. The zero-order chi connectivity index (χ0) is 15.2. The van der Waals surface area contributed by atoms with Gasteiger partial charge in [0.15, 0.2) is 0 Å². The second-order valence-electron chi connectivity index (χ2n) is 5.51. The van der Waals surface area contributed by atoms with E-state index in [2.05, 4.69) is 10.2 Å². The van der Waals surface area contributed by atoms with Crippen molar-refractivity contribution in [2.45, 2.75) is 31.7 Å². The fraction of sp³-hybridized carbons (Fsp3) is 0.600. The van der Waals surface area contributed by atoms with Crippen molar-refractivity contribution in [3.63, 3.8) is 0 Å². The quantitative estimate of drug-likeness (QED) is 0.768. The predicted octanol–water partition coefficient (Wildman–Crippen LogP) is 0.518. The van der Waals surface area contributed by atoms with E-state index in [1.165, 1.54) is 6.42 Å². The Hall–Kier alpha value is -1.66. The average molecular weight is 293 g/mol. The maximum absolute atomic E-state index is 12.0. The second kappa shape index (κ2) is 7.38. The van der Waals surface area contributed by atoms with Crippen LogP contribution < -0.4 is 5.32 Å². The Balaban J connectivity index is 1.86. The number of aryl methyl sites for hydroxylation is 1. The molecule has 0 radical (unpaired) electrons. The lowest BCUT2D eigenvalue weighted by Crippen LogP contribution is -2.47. The van der Waals surface area contributed by atoms with Gasteiger partial charge < -0.3 is 9.67 Å². The summed E-state index contributed by atoms with van der Waals surface area (Å²) < 4.78 is 1.68. The summed E-state index contributed by atoms with van der Waals surface area (Å²) in [6.45, 7) is 1.01. The highest BCUT2D eigenvalue weighted by Crippen LogP contribution is 2.24. The maximum Gasteiger partial charge on any atom is 0.274 e. The van der Waals surface area contributed by atoms with E-state index in [4.69, 9.17) is 5.11 Å². The molecule has 21 heavy (non-hydrogen) atoms. The van der Waals surface area contributed by atoms with E-state index in [-0.39, 0.29) is 25.0 Å².